The van der Waals surface area contributed by atoms with E-state index < -0.39 is 0 Å². The molecule has 0 aliphatic heterocycles. The van der Waals surface area contributed by atoms with Crippen LogP contribution >= 0.6 is 24.8 Å². The predicted molar refractivity (Wildman–Crippen MR) is 52.9 cm³/mol. The first kappa shape index (κ1) is 12.9. The third-order valence-electron chi connectivity index (χ3n) is 2.42. The van der Waals surface area contributed by atoms with Crippen LogP contribution in [0.15, 0.2) is 23.3 Å². The quantitative estimate of drug-likeness (QED) is 0.637. The summed E-state index contributed by atoms with van der Waals surface area (Å²) in [5, 5.41) is 0. The van der Waals surface area contributed by atoms with Crippen molar-refractivity contribution in [1.82, 2.24) is 0 Å². The summed E-state index contributed by atoms with van der Waals surface area (Å²) in [6.07, 6.45) is 10.3. The Morgan fingerprint density at radius 2 is 1.83 bits per heavy atom. The number of hydrogen-bond donors (Lipinski definition) is 0. The second-order valence-corrected chi connectivity index (χ2v) is 4.62. The second-order valence-electron chi connectivity index (χ2n) is 3.09. The average Bonchev–Trinajstić information content (AvgIpc) is 2.34. The topological polar surface area (TPSA) is 0 Å². The molecule has 67 valence electrons. The van der Waals surface area contributed by atoms with Gasteiger partial charge in [-0.3, -0.25) is 0 Å². The van der Waals surface area contributed by atoms with E-state index in [1.807, 2.05) is 0 Å². The van der Waals surface area contributed by atoms with E-state index in [0.717, 1.165) is 3.63 Å². The maximum absolute atomic E-state index is 2.38. The Kier molecular flexibility index (Phi) is 6.07. The zero-order valence-corrected chi connectivity index (χ0v) is 11.0. The summed E-state index contributed by atoms with van der Waals surface area (Å²) in [4.78, 5) is 0. The van der Waals surface area contributed by atoms with Crippen LogP contribution in [0.25, 0.3) is 0 Å². The van der Waals surface area contributed by atoms with Gasteiger partial charge in [-0.15, -0.1) is 24.8 Å². The molecule has 0 fully saturated rings. The van der Waals surface area contributed by atoms with E-state index in [1.165, 1.54) is 25.7 Å². The molecule has 2 rings (SSSR count). The molecule has 0 bridgehead atoms. The number of rotatable bonds is 0. The summed E-state index contributed by atoms with van der Waals surface area (Å²) in [5.74, 6) is 0. The molecule has 0 aromatic heterocycles. The normalized spacial score (nSPS) is 25.8. The Hall–Kier alpha value is 0.943. The van der Waals surface area contributed by atoms with Crippen LogP contribution in [-0.2, 0) is 24.7 Å². The molecule has 0 amide bonds. The molecule has 0 aromatic carbocycles. The molecule has 2 aliphatic rings. The van der Waals surface area contributed by atoms with Crippen LogP contribution in [0.3, 0.4) is 0 Å². The molecule has 0 aromatic rings. The van der Waals surface area contributed by atoms with E-state index in [0.29, 0.717) is 0 Å². The van der Waals surface area contributed by atoms with Gasteiger partial charge in [0.15, 0.2) is 0 Å². The third kappa shape index (κ3) is 2.47. The molecular formula is C9H13Cl2Zr. The van der Waals surface area contributed by atoms with Gasteiger partial charge >= 0.3 is 77.3 Å². The first-order valence-electron chi connectivity index (χ1n) is 3.99. The van der Waals surface area contributed by atoms with Crippen molar-refractivity contribution in [2.24, 2.45) is 0 Å². The zero-order valence-electron chi connectivity index (χ0n) is 6.88. The minimum atomic E-state index is 0. The molecule has 1 atom stereocenters. The van der Waals surface area contributed by atoms with Gasteiger partial charge in [-0.1, -0.05) is 0 Å². The van der Waals surface area contributed by atoms with Crippen molar-refractivity contribution in [3.05, 3.63) is 23.3 Å². The van der Waals surface area contributed by atoms with E-state index in [-0.39, 0.29) is 24.8 Å². The minimum absolute atomic E-state index is 0. The molecular weight excluding hydrogens is 270 g/mol. The average molecular weight is 283 g/mol. The van der Waals surface area contributed by atoms with Gasteiger partial charge in [-0.25, -0.2) is 0 Å². The molecule has 2 aliphatic carbocycles. The van der Waals surface area contributed by atoms with Crippen molar-refractivity contribution in [2.75, 3.05) is 0 Å². The number of hydrogen-bond acceptors (Lipinski definition) is 0. The van der Waals surface area contributed by atoms with E-state index in [4.69, 9.17) is 0 Å². The summed E-state index contributed by atoms with van der Waals surface area (Å²) >= 11 is 1.67. The molecule has 0 spiro atoms. The van der Waals surface area contributed by atoms with E-state index in [2.05, 4.69) is 12.2 Å². The van der Waals surface area contributed by atoms with E-state index in [9.17, 15) is 0 Å². The Labute approximate surface area is 102 Å². The van der Waals surface area contributed by atoms with Crippen LogP contribution < -0.4 is 0 Å². The first-order valence-corrected chi connectivity index (χ1v) is 5.41. The fourth-order valence-corrected chi connectivity index (χ4v) is 2.87. The van der Waals surface area contributed by atoms with Crippen LogP contribution in [0.1, 0.15) is 25.7 Å². The van der Waals surface area contributed by atoms with Gasteiger partial charge in [0.2, 0.25) is 0 Å². The summed E-state index contributed by atoms with van der Waals surface area (Å²) < 4.78 is 0.850. The number of halogens is 2. The van der Waals surface area contributed by atoms with Crippen molar-refractivity contribution in [3.8, 4) is 0 Å². The van der Waals surface area contributed by atoms with E-state index >= 15 is 0 Å². The Balaban J connectivity index is 0.000000605. The Bertz CT molecular complexity index is 209. The SMILES string of the molecule is Cl.Cl.[Zr][C@H]1C=CC2=C1CCCC2. The third-order valence-corrected chi connectivity index (χ3v) is 3.75. The standard InChI is InChI=1S/C9H11.2ClH.Zr/c1-2-5-9-7-3-6-8(9)4-1;;;/h3,6-7H,1-2,4-5H2;2*1H;. The molecule has 12 heavy (non-hydrogen) atoms. The summed E-state index contributed by atoms with van der Waals surface area (Å²) in [6.45, 7) is 0. The summed E-state index contributed by atoms with van der Waals surface area (Å²) in [5.41, 5.74) is 3.44. The molecule has 0 heterocycles. The molecule has 0 radical (unpaired) electrons. The van der Waals surface area contributed by atoms with Gasteiger partial charge < -0.3 is 0 Å². The summed E-state index contributed by atoms with van der Waals surface area (Å²) in [7, 11) is 0. The fraction of sp³-hybridized carbons (Fsp3) is 0.556. The van der Waals surface area contributed by atoms with Crippen LogP contribution in [0, 0.1) is 0 Å². The summed E-state index contributed by atoms with van der Waals surface area (Å²) in [6, 6.07) is 0. The number of allylic oxidation sites excluding steroid dienone is 4. The first-order chi connectivity index (χ1) is 4.88. The Morgan fingerprint density at radius 1 is 1.17 bits per heavy atom. The molecule has 0 saturated heterocycles. The second kappa shape index (κ2) is 5.63. The predicted octanol–water partition coefficient (Wildman–Crippen LogP) is 3.61. The fourth-order valence-electron chi connectivity index (χ4n) is 1.83. The maximum atomic E-state index is 2.38. The zero-order chi connectivity index (χ0) is 6.97. The Morgan fingerprint density at radius 3 is 2.50 bits per heavy atom. The monoisotopic (exact) mass is 281 g/mol. The van der Waals surface area contributed by atoms with E-state index in [1.54, 1.807) is 35.9 Å². The molecule has 0 saturated carbocycles. The van der Waals surface area contributed by atoms with Crippen molar-refractivity contribution >= 4 is 24.8 Å². The molecule has 0 nitrogen and oxygen atoms in total. The van der Waals surface area contributed by atoms with Gasteiger partial charge in [-0.2, -0.15) is 0 Å². The van der Waals surface area contributed by atoms with Crippen LogP contribution in [0.5, 0.6) is 0 Å². The van der Waals surface area contributed by atoms with Crippen molar-refractivity contribution < 1.29 is 24.7 Å². The van der Waals surface area contributed by atoms with Gasteiger partial charge in [0.05, 0.1) is 0 Å². The van der Waals surface area contributed by atoms with Crippen molar-refractivity contribution in [3.63, 3.8) is 0 Å². The van der Waals surface area contributed by atoms with Crippen LogP contribution in [0.2, 0.25) is 3.63 Å². The van der Waals surface area contributed by atoms with Gasteiger partial charge in [0.25, 0.3) is 0 Å². The van der Waals surface area contributed by atoms with Gasteiger partial charge in [0.1, 0.15) is 0 Å². The molecule has 0 unspecified atom stereocenters. The van der Waals surface area contributed by atoms with Crippen molar-refractivity contribution in [1.29, 1.82) is 0 Å². The molecule has 3 heteroatoms. The van der Waals surface area contributed by atoms with Gasteiger partial charge in [-0.05, 0) is 0 Å². The van der Waals surface area contributed by atoms with Gasteiger partial charge in [0, 0.05) is 0 Å². The van der Waals surface area contributed by atoms with Crippen LogP contribution in [-0.4, -0.2) is 0 Å². The molecule has 0 N–H and O–H groups in total. The van der Waals surface area contributed by atoms with Crippen molar-refractivity contribution in [2.45, 2.75) is 29.3 Å². The van der Waals surface area contributed by atoms with Crippen LogP contribution in [0.4, 0.5) is 0 Å².